The Morgan fingerprint density at radius 1 is 1.40 bits per heavy atom. The minimum Gasteiger partial charge on any atom is -0.368 e. The summed E-state index contributed by atoms with van der Waals surface area (Å²) in [5.74, 6) is 0.712. The maximum absolute atomic E-state index is 5.46. The summed E-state index contributed by atoms with van der Waals surface area (Å²) in [6, 6.07) is 0. The molecule has 0 saturated carbocycles. The average molecular weight is 180 g/mol. The molecule has 0 radical (unpaired) electrons. The van der Waals surface area contributed by atoms with Gasteiger partial charge < -0.3 is 5.73 Å². The van der Waals surface area contributed by atoms with Gasteiger partial charge in [-0.25, -0.2) is 9.97 Å². The van der Waals surface area contributed by atoms with Crippen molar-refractivity contribution in [2.75, 3.05) is 5.73 Å². The van der Waals surface area contributed by atoms with Crippen molar-refractivity contribution in [3.8, 4) is 0 Å². The number of alkyl halides is 1. The van der Waals surface area contributed by atoms with Gasteiger partial charge in [-0.05, 0) is 0 Å². The smallest absolute Gasteiger partial charge is 0.219 e. The van der Waals surface area contributed by atoms with Crippen molar-refractivity contribution >= 4 is 30.0 Å². The minimum atomic E-state index is 0. The predicted molar refractivity (Wildman–Crippen MR) is 43.2 cm³/mol. The molecule has 0 fully saturated rings. The number of nitrogens with zero attached hydrogens (tertiary/aromatic N) is 2. The van der Waals surface area contributed by atoms with Gasteiger partial charge in [-0.3, -0.25) is 0 Å². The van der Waals surface area contributed by atoms with Crippen LogP contribution in [0, 0.1) is 0 Å². The second-order valence-electron chi connectivity index (χ2n) is 1.58. The number of rotatable bonds is 1. The van der Waals surface area contributed by atoms with E-state index in [0.29, 0.717) is 5.88 Å². The molecule has 0 aromatic carbocycles. The summed E-state index contributed by atoms with van der Waals surface area (Å²) in [5, 5.41) is 0. The molecule has 1 rings (SSSR count). The van der Waals surface area contributed by atoms with E-state index >= 15 is 0 Å². The van der Waals surface area contributed by atoms with Crippen molar-refractivity contribution in [2.45, 2.75) is 5.88 Å². The Morgan fingerprint density at radius 2 is 1.90 bits per heavy atom. The van der Waals surface area contributed by atoms with Crippen LogP contribution in [0.4, 0.5) is 5.95 Å². The van der Waals surface area contributed by atoms with Gasteiger partial charge in [-0.15, -0.1) is 24.0 Å². The van der Waals surface area contributed by atoms with E-state index in [1.165, 1.54) is 0 Å². The second-order valence-corrected chi connectivity index (χ2v) is 1.85. The highest BCUT2D eigenvalue weighted by Crippen LogP contribution is 1.99. The highest BCUT2D eigenvalue weighted by molar-refractivity contribution is 6.17. The van der Waals surface area contributed by atoms with E-state index < -0.39 is 0 Å². The molecule has 0 aliphatic heterocycles. The van der Waals surface area contributed by atoms with E-state index in [4.69, 9.17) is 17.3 Å². The lowest BCUT2D eigenvalue weighted by Gasteiger charge is -1.91. The zero-order valence-electron chi connectivity index (χ0n) is 5.12. The van der Waals surface area contributed by atoms with Crippen LogP contribution in [0.3, 0.4) is 0 Å². The normalized spacial score (nSPS) is 8.50. The third kappa shape index (κ3) is 2.37. The summed E-state index contributed by atoms with van der Waals surface area (Å²) >= 11 is 5.46. The zero-order chi connectivity index (χ0) is 6.69. The van der Waals surface area contributed by atoms with E-state index in [1.807, 2.05) is 0 Å². The van der Waals surface area contributed by atoms with Gasteiger partial charge in [-0.2, -0.15) is 0 Å². The van der Waals surface area contributed by atoms with Crippen LogP contribution in [0.25, 0.3) is 0 Å². The molecular formula is C5H7Cl2N3. The zero-order valence-corrected chi connectivity index (χ0v) is 6.69. The maximum Gasteiger partial charge on any atom is 0.219 e. The molecule has 2 N–H and O–H groups in total. The van der Waals surface area contributed by atoms with Crippen molar-refractivity contribution < 1.29 is 0 Å². The van der Waals surface area contributed by atoms with Gasteiger partial charge in [0.15, 0.2) is 0 Å². The molecule has 1 aromatic rings. The fourth-order valence-electron chi connectivity index (χ4n) is 0.434. The average Bonchev–Trinajstić information content (AvgIpc) is 1.90. The van der Waals surface area contributed by atoms with Crippen molar-refractivity contribution in [1.29, 1.82) is 0 Å². The van der Waals surface area contributed by atoms with Crippen molar-refractivity contribution in [3.05, 3.63) is 18.0 Å². The summed E-state index contributed by atoms with van der Waals surface area (Å²) in [4.78, 5) is 7.46. The fraction of sp³-hybridized carbons (Fsp3) is 0.200. The van der Waals surface area contributed by atoms with E-state index in [0.717, 1.165) is 5.56 Å². The number of anilines is 1. The van der Waals surface area contributed by atoms with Crippen molar-refractivity contribution in [2.24, 2.45) is 0 Å². The van der Waals surface area contributed by atoms with Gasteiger partial charge in [0.25, 0.3) is 0 Å². The number of halogens is 2. The lowest BCUT2D eigenvalue weighted by Crippen LogP contribution is -1.93. The Balaban J connectivity index is 0.000000810. The first-order valence-corrected chi connectivity index (χ1v) is 2.98. The fourth-order valence-corrected chi connectivity index (χ4v) is 0.572. The quantitative estimate of drug-likeness (QED) is 0.661. The van der Waals surface area contributed by atoms with Crippen LogP contribution in [0.2, 0.25) is 0 Å². The van der Waals surface area contributed by atoms with Gasteiger partial charge in [0.2, 0.25) is 5.95 Å². The van der Waals surface area contributed by atoms with E-state index in [9.17, 15) is 0 Å². The Hall–Kier alpha value is -0.540. The molecule has 0 atom stereocenters. The summed E-state index contributed by atoms with van der Waals surface area (Å²) in [7, 11) is 0. The standard InChI is InChI=1S/C5H6ClN3.ClH/c6-1-4-2-8-5(7)9-3-4;/h2-3H,1H2,(H2,7,8,9);1H. The summed E-state index contributed by atoms with van der Waals surface area (Å²) in [6.45, 7) is 0. The third-order valence-electron chi connectivity index (χ3n) is 0.880. The molecule has 0 aliphatic rings. The van der Waals surface area contributed by atoms with Gasteiger partial charge >= 0.3 is 0 Å². The van der Waals surface area contributed by atoms with Crippen LogP contribution in [0.1, 0.15) is 5.56 Å². The van der Waals surface area contributed by atoms with Crippen LogP contribution in [-0.4, -0.2) is 9.97 Å². The third-order valence-corrected chi connectivity index (χ3v) is 1.19. The number of nitrogens with two attached hydrogens (primary N) is 1. The van der Waals surface area contributed by atoms with E-state index in [2.05, 4.69) is 9.97 Å². The number of hydrogen-bond acceptors (Lipinski definition) is 3. The Bertz CT molecular complexity index is 187. The molecule has 0 aliphatic carbocycles. The van der Waals surface area contributed by atoms with Gasteiger partial charge in [-0.1, -0.05) is 0 Å². The first-order valence-electron chi connectivity index (χ1n) is 2.45. The predicted octanol–water partition coefficient (Wildman–Crippen LogP) is 1.22. The molecule has 56 valence electrons. The summed E-state index contributed by atoms with van der Waals surface area (Å²) < 4.78 is 0. The van der Waals surface area contributed by atoms with Crippen LogP contribution < -0.4 is 5.73 Å². The monoisotopic (exact) mass is 179 g/mol. The van der Waals surface area contributed by atoms with Gasteiger partial charge in [0.1, 0.15) is 0 Å². The van der Waals surface area contributed by atoms with E-state index in [-0.39, 0.29) is 18.4 Å². The first kappa shape index (κ1) is 9.46. The number of hydrogen-bond donors (Lipinski definition) is 1. The molecule has 10 heavy (non-hydrogen) atoms. The van der Waals surface area contributed by atoms with Gasteiger partial charge in [0.05, 0.1) is 5.88 Å². The Kier molecular flexibility index (Phi) is 4.07. The highest BCUT2D eigenvalue weighted by atomic mass is 35.5. The molecule has 5 heteroatoms. The molecule has 1 aromatic heterocycles. The lowest BCUT2D eigenvalue weighted by molar-refractivity contribution is 1.13. The molecule has 0 spiro atoms. The van der Waals surface area contributed by atoms with Gasteiger partial charge in [0, 0.05) is 18.0 Å². The Labute approximate surface area is 70.0 Å². The molecule has 3 nitrogen and oxygen atoms in total. The number of nitrogen functional groups attached to an aromatic ring is 1. The van der Waals surface area contributed by atoms with Crippen LogP contribution in [0.5, 0.6) is 0 Å². The summed E-state index contributed by atoms with van der Waals surface area (Å²) in [5.41, 5.74) is 6.10. The second kappa shape index (κ2) is 4.30. The van der Waals surface area contributed by atoms with Crippen LogP contribution >= 0.6 is 24.0 Å². The molecule has 1 heterocycles. The van der Waals surface area contributed by atoms with Crippen LogP contribution in [0.15, 0.2) is 12.4 Å². The first-order chi connectivity index (χ1) is 4.33. The number of aromatic nitrogens is 2. The van der Waals surface area contributed by atoms with Crippen LogP contribution in [-0.2, 0) is 5.88 Å². The van der Waals surface area contributed by atoms with Crippen molar-refractivity contribution in [1.82, 2.24) is 9.97 Å². The molecule has 0 bridgehead atoms. The highest BCUT2D eigenvalue weighted by Gasteiger charge is 1.89. The Morgan fingerprint density at radius 3 is 2.30 bits per heavy atom. The largest absolute Gasteiger partial charge is 0.368 e. The molecule has 0 saturated heterocycles. The molecule has 0 amide bonds. The van der Waals surface area contributed by atoms with E-state index in [1.54, 1.807) is 12.4 Å². The van der Waals surface area contributed by atoms with Crippen molar-refractivity contribution in [3.63, 3.8) is 0 Å². The topological polar surface area (TPSA) is 51.8 Å². The molecule has 0 unspecified atom stereocenters. The lowest BCUT2D eigenvalue weighted by atomic mass is 10.4. The summed E-state index contributed by atoms with van der Waals surface area (Å²) in [6.07, 6.45) is 3.21. The maximum atomic E-state index is 5.46. The SMILES string of the molecule is Cl.Nc1ncc(CCl)cn1. The minimum absolute atomic E-state index is 0. The molecular weight excluding hydrogens is 173 g/mol.